The fraction of sp³-hybridized carbons (Fsp3) is 0.833. The maximum Gasteiger partial charge on any atom is 0.211 e. The second-order valence-electron chi connectivity index (χ2n) is 2.16. The number of rotatable bonds is 4. The van der Waals surface area contributed by atoms with Crippen LogP contribution in [-0.4, -0.2) is 32.1 Å². The average Bonchev–Trinajstić information content (AvgIpc) is 1.87. The molecule has 0 fully saturated rings. The largest absolute Gasteiger partial charge is 0.213 e. The molecule has 0 aromatic rings. The van der Waals surface area contributed by atoms with Crippen molar-refractivity contribution in [3.63, 3.8) is 0 Å². The highest BCUT2D eigenvalue weighted by Crippen LogP contribution is 1.97. The van der Waals surface area contributed by atoms with Gasteiger partial charge in [0.25, 0.3) is 0 Å². The molecule has 0 aromatic carbocycles. The van der Waals surface area contributed by atoms with Gasteiger partial charge in [-0.3, -0.25) is 0 Å². The van der Waals surface area contributed by atoms with E-state index in [1.807, 2.05) is 6.07 Å². The highest BCUT2D eigenvalue weighted by atomic mass is 32.2. The van der Waals surface area contributed by atoms with Gasteiger partial charge in [-0.2, -0.15) is 5.26 Å². The van der Waals surface area contributed by atoms with Gasteiger partial charge in [0.05, 0.1) is 12.3 Å². The third-order valence-electron chi connectivity index (χ3n) is 1.29. The molecule has 0 aliphatic rings. The van der Waals surface area contributed by atoms with E-state index in [4.69, 9.17) is 5.26 Å². The molecular weight excluding hydrogens is 164 g/mol. The first-order chi connectivity index (χ1) is 5.02. The van der Waals surface area contributed by atoms with Gasteiger partial charge in [0.1, 0.15) is 0 Å². The second-order valence-corrected chi connectivity index (χ2v) is 4.15. The molecule has 5 heteroatoms. The van der Waals surface area contributed by atoms with E-state index in [9.17, 15) is 8.42 Å². The molecule has 0 heterocycles. The molecule has 0 saturated heterocycles. The zero-order chi connectivity index (χ0) is 8.91. The molecule has 0 spiro atoms. The Bertz CT molecular complexity index is 240. The van der Waals surface area contributed by atoms with Crippen LogP contribution in [0.25, 0.3) is 0 Å². The van der Waals surface area contributed by atoms with E-state index in [0.29, 0.717) is 13.1 Å². The van der Waals surface area contributed by atoms with Gasteiger partial charge in [0.2, 0.25) is 10.0 Å². The Balaban J connectivity index is 4.11. The number of hydrogen-bond acceptors (Lipinski definition) is 3. The van der Waals surface area contributed by atoms with Crippen molar-refractivity contribution in [1.29, 1.82) is 5.26 Å². The first-order valence-corrected chi connectivity index (χ1v) is 5.19. The third kappa shape index (κ3) is 3.96. The van der Waals surface area contributed by atoms with Crippen molar-refractivity contribution in [3.05, 3.63) is 0 Å². The summed E-state index contributed by atoms with van der Waals surface area (Å²) in [4.78, 5) is 0. The van der Waals surface area contributed by atoms with Crippen LogP contribution in [0.15, 0.2) is 0 Å². The summed E-state index contributed by atoms with van der Waals surface area (Å²) in [5, 5.41) is 8.20. The fourth-order valence-electron chi connectivity index (χ4n) is 0.733. The fourth-order valence-corrected chi connectivity index (χ4v) is 1.63. The molecule has 0 bridgehead atoms. The van der Waals surface area contributed by atoms with Crippen molar-refractivity contribution < 1.29 is 8.42 Å². The lowest BCUT2D eigenvalue weighted by molar-refractivity contribution is 0.439. The molecular formula is C6H12N2O2S. The van der Waals surface area contributed by atoms with Crippen molar-refractivity contribution in [3.8, 4) is 6.07 Å². The molecule has 64 valence electrons. The lowest BCUT2D eigenvalue weighted by atomic mass is 10.5. The smallest absolute Gasteiger partial charge is 0.211 e. The molecule has 11 heavy (non-hydrogen) atoms. The Kier molecular flexibility index (Phi) is 4.08. The Morgan fingerprint density at radius 2 is 2.09 bits per heavy atom. The van der Waals surface area contributed by atoms with Crippen LogP contribution >= 0.6 is 0 Å². The summed E-state index contributed by atoms with van der Waals surface area (Å²) in [6, 6.07) is 1.90. The SMILES string of the molecule is CCN(CCC#N)S(C)(=O)=O. The van der Waals surface area contributed by atoms with Gasteiger partial charge in [-0.1, -0.05) is 6.92 Å². The van der Waals surface area contributed by atoms with Crippen molar-refractivity contribution in [1.82, 2.24) is 4.31 Å². The number of nitriles is 1. The predicted molar refractivity (Wildman–Crippen MR) is 42.3 cm³/mol. The minimum absolute atomic E-state index is 0.251. The standard InChI is InChI=1S/C6H12N2O2S/c1-3-8(6-4-5-7)11(2,9)10/h3-4,6H2,1-2H3. The molecule has 0 atom stereocenters. The Hall–Kier alpha value is -0.600. The second kappa shape index (κ2) is 4.31. The monoisotopic (exact) mass is 176 g/mol. The van der Waals surface area contributed by atoms with E-state index in [-0.39, 0.29) is 6.42 Å². The minimum Gasteiger partial charge on any atom is -0.213 e. The van der Waals surface area contributed by atoms with E-state index in [1.165, 1.54) is 4.31 Å². The molecule has 0 aromatic heterocycles. The van der Waals surface area contributed by atoms with Crippen molar-refractivity contribution >= 4 is 10.0 Å². The quantitative estimate of drug-likeness (QED) is 0.614. The summed E-state index contributed by atoms with van der Waals surface area (Å²) in [6.45, 7) is 2.48. The maximum absolute atomic E-state index is 10.9. The molecule has 0 aliphatic heterocycles. The van der Waals surface area contributed by atoms with Crippen molar-refractivity contribution in [2.75, 3.05) is 19.3 Å². The normalized spacial score (nSPS) is 11.5. The molecule has 0 saturated carbocycles. The molecule has 4 nitrogen and oxygen atoms in total. The molecule has 0 radical (unpaired) electrons. The summed E-state index contributed by atoms with van der Waals surface area (Å²) in [7, 11) is -3.10. The first-order valence-electron chi connectivity index (χ1n) is 3.34. The van der Waals surface area contributed by atoms with Gasteiger partial charge in [0.15, 0.2) is 0 Å². The Morgan fingerprint density at radius 1 is 1.55 bits per heavy atom. The maximum atomic E-state index is 10.9. The summed E-state index contributed by atoms with van der Waals surface area (Å²) < 4.78 is 23.0. The van der Waals surface area contributed by atoms with E-state index in [1.54, 1.807) is 6.92 Å². The zero-order valence-electron chi connectivity index (χ0n) is 6.74. The van der Waals surface area contributed by atoms with Gasteiger partial charge >= 0.3 is 0 Å². The van der Waals surface area contributed by atoms with Crippen LogP contribution in [0.1, 0.15) is 13.3 Å². The van der Waals surface area contributed by atoms with Crippen LogP contribution in [0.4, 0.5) is 0 Å². The molecule has 0 aliphatic carbocycles. The van der Waals surface area contributed by atoms with Crippen molar-refractivity contribution in [2.24, 2.45) is 0 Å². The van der Waals surface area contributed by atoms with Crippen LogP contribution in [0, 0.1) is 11.3 Å². The van der Waals surface area contributed by atoms with Gasteiger partial charge < -0.3 is 0 Å². The topological polar surface area (TPSA) is 61.2 Å². The lowest BCUT2D eigenvalue weighted by Crippen LogP contribution is -2.30. The number of nitrogens with zero attached hydrogens (tertiary/aromatic N) is 2. The average molecular weight is 176 g/mol. The highest BCUT2D eigenvalue weighted by Gasteiger charge is 2.12. The summed E-state index contributed by atoms with van der Waals surface area (Å²) in [6.07, 6.45) is 1.40. The summed E-state index contributed by atoms with van der Waals surface area (Å²) in [5.41, 5.74) is 0. The van der Waals surface area contributed by atoms with Gasteiger partial charge in [0, 0.05) is 19.5 Å². The lowest BCUT2D eigenvalue weighted by Gasteiger charge is -2.15. The van der Waals surface area contributed by atoms with E-state index >= 15 is 0 Å². The minimum atomic E-state index is -3.10. The van der Waals surface area contributed by atoms with Gasteiger partial charge in [-0.25, -0.2) is 12.7 Å². The molecule has 0 amide bonds. The van der Waals surface area contributed by atoms with Crippen LogP contribution in [0.3, 0.4) is 0 Å². The first kappa shape index (κ1) is 10.4. The van der Waals surface area contributed by atoms with Crippen molar-refractivity contribution in [2.45, 2.75) is 13.3 Å². The van der Waals surface area contributed by atoms with Crippen LogP contribution in [0.2, 0.25) is 0 Å². The third-order valence-corrected chi connectivity index (χ3v) is 2.67. The summed E-state index contributed by atoms with van der Waals surface area (Å²) in [5.74, 6) is 0. The van der Waals surface area contributed by atoms with Gasteiger partial charge in [-0.05, 0) is 0 Å². The predicted octanol–water partition coefficient (Wildman–Crippen LogP) is 0.182. The molecule has 0 rings (SSSR count). The number of sulfonamides is 1. The van der Waals surface area contributed by atoms with E-state index in [2.05, 4.69) is 0 Å². The van der Waals surface area contributed by atoms with E-state index in [0.717, 1.165) is 6.26 Å². The molecule has 0 N–H and O–H groups in total. The van der Waals surface area contributed by atoms with Crippen LogP contribution in [0.5, 0.6) is 0 Å². The summed E-state index contributed by atoms with van der Waals surface area (Å²) >= 11 is 0. The van der Waals surface area contributed by atoms with E-state index < -0.39 is 10.0 Å². The number of hydrogen-bond donors (Lipinski definition) is 0. The van der Waals surface area contributed by atoms with Crippen LogP contribution in [-0.2, 0) is 10.0 Å². The molecule has 0 unspecified atom stereocenters. The highest BCUT2D eigenvalue weighted by molar-refractivity contribution is 7.88. The van der Waals surface area contributed by atoms with Crippen LogP contribution < -0.4 is 0 Å². The zero-order valence-corrected chi connectivity index (χ0v) is 7.56. The Morgan fingerprint density at radius 3 is 2.36 bits per heavy atom. The van der Waals surface area contributed by atoms with Gasteiger partial charge in [-0.15, -0.1) is 0 Å². The Labute approximate surface area is 67.5 Å².